The summed E-state index contributed by atoms with van der Waals surface area (Å²) in [6.07, 6.45) is 0.225. The van der Waals surface area contributed by atoms with Gasteiger partial charge in [0.1, 0.15) is 5.92 Å². The lowest BCUT2D eigenvalue weighted by molar-refractivity contribution is -0.149. The van der Waals surface area contributed by atoms with Crippen LogP contribution in [0.4, 0.5) is 16.2 Å². The molecule has 0 radical (unpaired) electrons. The van der Waals surface area contributed by atoms with Crippen molar-refractivity contribution in [3.63, 3.8) is 0 Å². The molecule has 0 saturated heterocycles. The van der Waals surface area contributed by atoms with E-state index in [0.29, 0.717) is 12.2 Å². The van der Waals surface area contributed by atoms with Gasteiger partial charge in [-0.15, -0.1) is 0 Å². The van der Waals surface area contributed by atoms with Crippen molar-refractivity contribution in [2.75, 3.05) is 17.3 Å². The maximum Gasteiger partial charge on any atom is 0.319 e. The van der Waals surface area contributed by atoms with Gasteiger partial charge in [-0.1, -0.05) is 30.3 Å². The number of carbonyl (C=O) groups is 3. The summed E-state index contributed by atoms with van der Waals surface area (Å²) in [6, 6.07) is 14.6. The third-order valence-corrected chi connectivity index (χ3v) is 4.77. The van der Waals surface area contributed by atoms with E-state index >= 15 is 0 Å². The van der Waals surface area contributed by atoms with Crippen LogP contribution >= 0.6 is 0 Å². The van der Waals surface area contributed by atoms with E-state index < -0.39 is 11.9 Å². The van der Waals surface area contributed by atoms with Crippen LogP contribution in [-0.2, 0) is 27.3 Å². The first-order valence-corrected chi connectivity index (χ1v) is 9.83. The normalized spacial score (nSPS) is 15.9. The number of anilines is 2. The van der Waals surface area contributed by atoms with Crippen LogP contribution < -0.4 is 15.5 Å². The minimum atomic E-state index is -0.912. The van der Waals surface area contributed by atoms with Crippen LogP contribution in [0.2, 0.25) is 0 Å². The van der Waals surface area contributed by atoms with Crippen molar-refractivity contribution in [2.24, 2.45) is 5.92 Å². The van der Waals surface area contributed by atoms with Crippen LogP contribution in [0.25, 0.3) is 0 Å². The summed E-state index contributed by atoms with van der Waals surface area (Å²) in [5.41, 5.74) is 2.70. The molecule has 0 aliphatic carbocycles. The summed E-state index contributed by atoms with van der Waals surface area (Å²) in [5, 5.41) is 5.66. The fourth-order valence-electron chi connectivity index (χ4n) is 3.46. The maximum atomic E-state index is 13.1. The highest BCUT2D eigenvalue weighted by atomic mass is 16.5. The van der Waals surface area contributed by atoms with Crippen molar-refractivity contribution in [2.45, 2.75) is 39.3 Å². The van der Waals surface area contributed by atoms with Crippen LogP contribution in [0.15, 0.2) is 48.5 Å². The number of benzene rings is 2. The van der Waals surface area contributed by atoms with Crippen LogP contribution in [-0.4, -0.2) is 30.6 Å². The van der Waals surface area contributed by atoms with Crippen molar-refractivity contribution in [1.29, 1.82) is 0 Å². The Labute approximate surface area is 176 Å². The maximum absolute atomic E-state index is 13.1. The third-order valence-electron chi connectivity index (χ3n) is 4.77. The molecule has 1 aliphatic heterocycles. The minimum absolute atomic E-state index is 0.225. The molecule has 1 heterocycles. The summed E-state index contributed by atoms with van der Waals surface area (Å²) < 4.78 is 4.86. The zero-order chi connectivity index (χ0) is 21.9. The molecule has 0 aromatic heterocycles. The molecule has 3 rings (SSSR count). The first-order valence-electron chi connectivity index (χ1n) is 9.83. The smallest absolute Gasteiger partial charge is 0.319 e. The van der Waals surface area contributed by atoms with E-state index in [0.717, 1.165) is 16.8 Å². The zero-order valence-electron chi connectivity index (χ0n) is 17.7. The molecule has 0 bridgehead atoms. The van der Waals surface area contributed by atoms with Crippen LogP contribution in [0.1, 0.15) is 31.9 Å². The van der Waals surface area contributed by atoms with Gasteiger partial charge < -0.3 is 20.3 Å². The Morgan fingerprint density at radius 1 is 1.13 bits per heavy atom. The molecular formula is C23H27N3O4. The number of carbonyl (C=O) groups excluding carboxylic acids is 3. The van der Waals surface area contributed by atoms with Gasteiger partial charge in [0.2, 0.25) is 5.91 Å². The van der Waals surface area contributed by atoms with Gasteiger partial charge >= 0.3 is 12.0 Å². The van der Waals surface area contributed by atoms with E-state index in [-0.39, 0.29) is 23.9 Å². The number of amides is 3. The Hall–Kier alpha value is -3.35. The Balaban J connectivity index is 1.91. The fraction of sp³-hybridized carbons (Fsp3) is 0.348. The third kappa shape index (κ3) is 4.97. The van der Waals surface area contributed by atoms with Crippen molar-refractivity contribution < 1.29 is 19.1 Å². The predicted octanol–water partition coefficient (Wildman–Crippen LogP) is 3.49. The van der Waals surface area contributed by atoms with Crippen LogP contribution in [0.5, 0.6) is 0 Å². The van der Waals surface area contributed by atoms with Crippen molar-refractivity contribution in [1.82, 2.24) is 5.32 Å². The number of methoxy groups -OCH3 is 1. The molecule has 2 aromatic carbocycles. The van der Waals surface area contributed by atoms with Gasteiger partial charge in [-0.25, -0.2) is 4.79 Å². The van der Waals surface area contributed by atoms with Gasteiger partial charge in [0.25, 0.3) is 0 Å². The van der Waals surface area contributed by atoms with Gasteiger partial charge in [0, 0.05) is 16.9 Å². The number of nitrogens with one attached hydrogen (secondary N) is 2. The average molecular weight is 409 g/mol. The van der Waals surface area contributed by atoms with E-state index in [4.69, 9.17) is 4.74 Å². The molecule has 7 heteroatoms. The SMILES string of the molecule is COC(=O)C1Cc2cc(NC(=O)NC(C)(C)C)ccc2N(Cc2ccccc2)C1=O. The van der Waals surface area contributed by atoms with E-state index in [2.05, 4.69) is 10.6 Å². The van der Waals surface area contributed by atoms with E-state index in [9.17, 15) is 14.4 Å². The van der Waals surface area contributed by atoms with Gasteiger partial charge in [-0.2, -0.15) is 0 Å². The Morgan fingerprint density at radius 3 is 2.47 bits per heavy atom. The number of rotatable bonds is 4. The number of hydrogen-bond donors (Lipinski definition) is 2. The van der Waals surface area contributed by atoms with Crippen LogP contribution in [0, 0.1) is 5.92 Å². The molecule has 1 atom stereocenters. The average Bonchev–Trinajstić information content (AvgIpc) is 2.68. The molecular weight excluding hydrogens is 382 g/mol. The Kier molecular flexibility index (Phi) is 6.10. The lowest BCUT2D eigenvalue weighted by Crippen LogP contribution is -2.45. The van der Waals surface area contributed by atoms with Gasteiger partial charge in [-0.3, -0.25) is 9.59 Å². The summed E-state index contributed by atoms with van der Waals surface area (Å²) in [7, 11) is 1.28. The number of esters is 1. The molecule has 0 fully saturated rings. The monoisotopic (exact) mass is 409 g/mol. The zero-order valence-corrected chi connectivity index (χ0v) is 17.7. The summed E-state index contributed by atoms with van der Waals surface area (Å²) in [4.78, 5) is 39.1. The topological polar surface area (TPSA) is 87.7 Å². The Bertz CT molecular complexity index is 951. The molecule has 2 aromatic rings. The number of urea groups is 1. The van der Waals surface area contributed by atoms with Crippen molar-refractivity contribution >= 4 is 29.3 Å². The molecule has 1 unspecified atom stereocenters. The van der Waals surface area contributed by atoms with Crippen molar-refractivity contribution in [3.8, 4) is 0 Å². The summed E-state index contributed by atoms with van der Waals surface area (Å²) in [6.45, 7) is 6.03. The predicted molar refractivity (Wildman–Crippen MR) is 115 cm³/mol. The summed E-state index contributed by atoms with van der Waals surface area (Å²) in [5.74, 6) is -1.76. The highest BCUT2D eigenvalue weighted by Crippen LogP contribution is 2.34. The van der Waals surface area contributed by atoms with E-state index in [1.807, 2.05) is 51.1 Å². The molecule has 158 valence electrons. The second-order valence-electron chi connectivity index (χ2n) is 8.36. The number of nitrogens with zero attached hydrogens (tertiary/aromatic N) is 1. The molecule has 0 spiro atoms. The lowest BCUT2D eigenvalue weighted by Gasteiger charge is -2.33. The Morgan fingerprint density at radius 2 is 1.83 bits per heavy atom. The number of hydrogen-bond acceptors (Lipinski definition) is 4. The fourth-order valence-corrected chi connectivity index (χ4v) is 3.46. The van der Waals surface area contributed by atoms with Gasteiger partial charge in [-0.05, 0) is 56.5 Å². The molecule has 30 heavy (non-hydrogen) atoms. The number of fused-ring (bicyclic) bond motifs is 1. The standard InChI is InChI=1S/C23H27N3O4/c1-23(2,3)25-22(29)24-17-10-11-19-16(12-17)13-18(21(28)30-4)20(27)26(19)14-15-8-6-5-7-9-15/h5-12,18H,13-14H2,1-4H3,(H2,24,25,29). The molecule has 0 saturated carbocycles. The second-order valence-corrected chi connectivity index (χ2v) is 8.36. The first kappa shape index (κ1) is 21.4. The highest BCUT2D eigenvalue weighted by Gasteiger charge is 2.38. The molecule has 7 nitrogen and oxygen atoms in total. The highest BCUT2D eigenvalue weighted by molar-refractivity contribution is 6.08. The lowest BCUT2D eigenvalue weighted by atomic mass is 9.91. The van der Waals surface area contributed by atoms with E-state index in [1.165, 1.54) is 7.11 Å². The minimum Gasteiger partial charge on any atom is -0.468 e. The molecule has 2 N–H and O–H groups in total. The molecule has 3 amide bonds. The summed E-state index contributed by atoms with van der Waals surface area (Å²) >= 11 is 0. The second kappa shape index (κ2) is 8.57. The van der Waals surface area contributed by atoms with Crippen molar-refractivity contribution in [3.05, 3.63) is 59.7 Å². The van der Waals surface area contributed by atoms with E-state index in [1.54, 1.807) is 23.1 Å². The van der Waals surface area contributed by atoms with Gasteiger partial charge in [0.05, 0.1) is 13.7 Å². The van der Waals surface area contributed by atoms with Gasteiger partial charge in [0.15, 0.2) is 0 Å². The first-order chi connectivity index (χ1) is 14.2. The number of ether oxygens (including phenoxy) is 1. The van der Waals surface area contributed by atoms with Crippen LogP contribution in [0.3, 0.4) is 0 Å². The quantitative estimate of drug-likeness (QED) is 0.598. The molecule has 1 aliphatic rings. The largest absolute Gasteiger partial charge is 0.468 e.